The van der Waals surface area contributed by atoms with Gasteiger partial charge in [-0.1, -0.05) is 12.1 Å². The standard InChI is InChI=1S/C15H16FNO/c1-10(15-6-3-9-18-15)17-14-8-7-11-12(14)4-2-5-13(11)16/h2-6,9-10,14,17H,7-8H2,1H3/t10-,14?/m0/s1. The molecule has 0 bridgehead atoms. The van der Waals surface area contributed by atoms with E-state index in [0.717, 1.165) is 29.7 Å². The van der Waals surface area contributed by atoms with Crippen molar-refractivity contribution in [2.24, 2.45) is 0 Å². The third-order valence-corrected chi connectivity index (χ3v) is 3.63. The van der Waals surface area contributed by atoms with Gasteiger partial charge in [-0.2, -0.15) is 0 Å². The molecule has 1 aromatic carbocycles. The van der Waals surface area contributed by atoms with E-state index in [1.54, 1.807) is 12.3 Å². The fourth-order valence-electron chi connectivity index (χ4n) is 2.70. The van der Waals surface area contributed by atoms with E-state index in [0.29, 0.717) is 0 Å². The number of fused-ring (bicyclic) bond motifs is 1. The molecule has 0 saturated carbocycles. The molecule has 18 heavy (non-hydrogen) atoms. The molecule has 1 aliphatic rings. The topological polar surface area (TPSA) is 25.2 Å². The van der Waals surface area contributed by atoms with Gasteiger partial charge in [0.1, 0.15) is 11.6 Å². The molecule has 0 radical (unpaired) electrons. The van der Waals surface area contributed by atoms with Crippen molar-refractivity contribution < 1.29 is 8.81 Å². The molecule has 1 heterocycles. The van der Waals surface area contributed by atoms with Crippen molar-refractivity contribution in [3.05, 3.63) is 59.3 Å². The van der Waals surface area contributed by atoms with Crippen molar-refractivity contribution >= 4 is 0 Å². The van der Waals surface area contributed by atoms with Crippen LogP contribution in [0, 0.1) is 5.82 Å². The molecule has 2 aromatic rings. The highest BCUT2D eigenvalue weighted by Gasteiger charge is 2.26. The lowest BCUT2D eigenvalue weighted by molar-refractivity contribution is 0.391. The molecule has 3 heteroatoms. The van der Waals surface area contributed by atoms with Gasteiger partial charge in [0.2, 0.25) is 0 Å². The number of halogens is 1. The van der Waals surface area contributed by atoms with Gasteiger partial charge in [-0.3, -0.25) is 0 Å². The first kappa shape index (κ1) is 11.5. The Hall–Kier alpha value is -1.61. The van der Waals surface area contributed by atoms with Crippen LogP contribution >= 0.6 is 0 Å². The Morgan fingerprint density at radius 1 is 1.33 bits per heavy atom. The largest absolute Gasteiger partial charge is 0.468 e. The predicted molar refractivity (Wildman–Crippen MR) is 67.7 cm³/mol. The Morgan fingerprint density at radius 3 is 3.00 bits per heavy atom. The lowest BCUT2D eigenvalue weighted by atomic mass is 10.1. The predicted octanol–water partition coefficient (Wildman–Crippen LogP) is 3.76. The first-order valence-electron chi connectivity index (χ1n) is 6.32. The van der Waals surface area contributed by atoms with Crippen molar-refractivity contribution in [1.29, 1.82) is 0 Å². The first-order valence-corrected chi connectivity index (χ1v) is 6.32. The summed E-state index contributed by atoms with van der Waals surface area (Å²) in [4.78, 5) is 0. The van der Waals surface area contributed by atoms with Crippen molar-refractivity contribution in [3.8, 4) is 0 Å². The number of nitrogens with one attached hydrogen (secondary N) is 1. The molecule has 2 atom stereocenters. The second-order valence-electron chi connectivity index (χ2n) is 4.80. The summed E-state index contributed by atoms with van der Waals surface area (Å²) in [6.45, 7) is 2.07. The van der Waals surface area contributed by atoms with E-state index < -0.39 is 0 Å². The SMILES string of the molecule is C[C@H](NC1CCc2c(F)cccc21)c1ccco1. The van der Waals surface area contributed by atoms with Gasteiger partial charge >= 0.3 is 0 Å². The summed E-state index contributed by atoms with van der Waals surface area (Å²) in [7, 11) is 0. The van der Waals surface area contributed by atoms with E-state index in [9.17, 15) is 4.39 Å². The molecule has 94 valence electrons. The fraction of sp³-hybridized carbons (Fsp3) is 0.333. The van der Waals surface area contributed by atoms with Crippen LogP contribution < -0.4 is 5.32 Å². The van der Waals surface area contributed by atoms with Crippen LogP contribution in [0.2, 0.25) is 0 Å². The fourth-order valence-corrected chi connectivity index (χ4v) is 2.70. The quantitative estimate of drug-likeness (QED) is 0.890. The zero-order valence-corrected chi connectivity index (χ0v) is 10.3. The summed E-state index contributed by atoms with van der Waals surface area (Å²) in [5.41, 5.74) is 1.95. The first-order chi connectivity index (χ1) is 8.75. The highest BCUT2D eigenvalue weighted by Crippen LogP contribution is 2.34. The van der Waals surface area contributed by atoms with E-state index >= 15 is 0 Å². The van der Waals surface area contributed by atoms with Crippen molar-refractivity contribution in [3.63, 3.8) is 0 Å². The van der Waals surface area contributed by atoms with Gasteiger partial charge in [-0.25, -0.2) is 4.39 Å². The lowest BCUT2D eigenvalue weighted by Crippen LogP contribution is -2.22. The van der Waals surface area contributed by atoms with Crippen LogP contribution in [-0.2, 0) is 6.42 Å². The minimum atomic E-state index is -0.0811. The molecule has 1 aliphatic carbocycles. The third kappa shape index (κ3) is 1.95. The minimum absolute atomic E-state index is 0.0811. The Bertz CT molecular complexity index is 535. The molecule has 3 rings (SSSR count). The number of rotatable bonds is 3. The Labute approximate surface area is 106 Å². The molecule has 1 N–H and O–H groups in total. The van der Waals surface area contributed by atoms with Gasteiger partial charge in [0.05, 0.1) is 12.3 Å². The van der Waals surface area contributed by atoms with Gasteiger partial charge in [0.15, 0.2) is 0 Å². The number of furan rings is 1. The summed E-state index contributed by atoms with van der Waals surface area (Å²) < 4.78 is 19.0. The Kier molecular flexibility index (Phi) is 2.92. The van der Waals surface area contributed by atoms with Crippen LogP contribution in [0.3, 0.4) is 0 Å². The van der Waals surface area contributed by atoms with Crippen LogP contribution in [-0.4, -0.2) is 0 Å². The third-order valence-electron chi connectivity index (χ3n) is 3.63. The normalized spacial score (nSPS) is 19.8. The average Bonchev–Trinajstić information content (AvgIpc) is 2.99. The second kappa shape index (κ2) is 4.58. The van der Waals surface area contributed by atoms with Gasteiger partial charge < -0.3 is 9.73 Å². The smallest absolute Gasteiger partial charge is 0.126 e. The molecule has 1 aromatic heterocycles. The van der Waals surface area contributed by atoms with Gasteiger partial charge in [-0.05, 0) is 49.1 Å². The minimum Gasteiger partial charge on any atom is -0.468 e. The van der Waals surface area contributed by atoms with Gasteiger partial charge in [0.25, 0.3) is 0 Å². The maximum absolute atomic E-state index is 13.6. The number of benzene rings is 1. The maximum atomic E-state index is 13.6. The average molecular weight is 245 g/mol. The summed E-state index contributed by atoms with van der Waals surface area (Å²) in [5.74, 6) is 0.835. The van der Waals surface area contributed by atoms with Crippen LogP contribution in [0.5, 0.6) is 0 Å². The summed E-state index contributed by atoms with van der Waals surface area (Å²) in [5, 5.41) is 3.50. The van der Waals surface area contributed by atoms with Crippen LogP contribution in [0.15, 0.2) is 41.0 Å². The number of hydrogen-bond donors (Lipinski definition) is 1. The zero-order valence-electron chi connectivity index (χ0n) is 10.3. The van der Waals surface area contributed by atoms with Crippen LogP contribution in [0.4, 0.5) is 4.39 Å². The Morgan fingerprint density at radius 2 is 2.22 bits per heavy atom. The van der Waals surface area contributed by atoms with Crippen molar-refractivity contribution in [2.45, 2.75) is 31.8 Å². The maximum Gasteiger partial charge on any atom is 0.126 e. The highest BCUT2D eigenvalue weighted by molar-refractivity contribution is 5.35. The van der Waals surface area contributed by atoms with E-state index in [1.807, 2.05) is 18.2 Å². The molecule has 0 spiro atoms. The summed E-state index contributed by atoms with van der Waals surface area (Å²) in [6.07, 6.45) is 3.43. The molecule has 0 saturated heterocycles. The van der Waals surface area contributed by atoms with E-state index in [4.69, 9.17) is 4.42 Å². The van der Waals surface area contributed by atoms with Crippen molar-refractivity contribution in [1.82, 2.24) is 5.32 Å². The summed E-state index contributed by atoms with van der Waals surface area (Å²) >= 11 is 0. The van der Waals surface area contributed by atoms with Crippen LogP contribution in [0.25, 0.3) is 0 Å². The summed E-state index contributed by atoms with van der Waals surface area (Å²) in [6, 6.07) is 9.53. The van der Waals surface area contributed by atoms with Gasteiger partial charge in [0, 0.05) is 6.04 Å². The molecule has 0 amide bonds. The zero-order chi connectivity index (χ0) is 12.5. The molecular formula is C15H16FNO. The monoisotopic (exact) mass is 245 g/mol. The molecular weight excluding hydrogens is 229 g/mol. The second-order valence-corrected chi connectivity index (χ2v) is 4.80. The molecule has 2 nitrogen and oxygen atoms in total. The molecule has 1 unspecified atom stereocenters. The number of hydrogen-bond acceptors (Lipinski definition) is 2. The molecule has 0 aliphatic heterocycles. The molecule has 0 fully saturated rings. The van der Waals surface area contributed by atoms with E-state index in [2.05, 4.69) is 12.2 Å². The van der Waals surface area contributed by atoms with Crippen molar-refractivity contribution in [2.75, 3.05) is 0 Å². The van der Waals surface area contributed by atoms with Gasteiger partial charge in [-0.15, -0.1) is 0 Å². The van der Waals surface area contributed by atoms with E-state index in [-0.39, 0.29) is 17.9 Å². The van der Waals surface area contributed by atoms with E-state index in [1.165, 1.54) is 6.07 Å². The van der Waals surface area contributed by atoms with Crippen LogP contribution in [0.1, 0.15) is 42.3 Å². The Balaban J connectivity index is 1.79. The lowest BCUT2D eigenvalue weighted by Gasteiger charge is -2.18. The highest BCUT2D eigenvalue weighted by atomic mass is 19.1.